The first-order valence-electron chi connectivity index (χ1n) is 13.1. The summed E-state index contributed by atoms with van der Waals surface area (Å²) in [7, 11) is 1.92. The van der Waals surface area contributed by atoms with E-state index in [0.29, 0.717) is 23.8 Å². The van der Waals surface area contributed by atoms with E-state index in [-0.39, 0.29) is 33.9 Å². The van der Waals surface area contributed by atoms with Gasteiger partial charge in [0.1, 0.15) is 28.7 Å². The number of allylic oxidation sites excluding steroid dienone is 1. The average Bonchev–Trinajstić information content (AvgIpc) is 3.32. The van der Waals surface area contributed by atoms with E-state index in [2.05, 4.69) is 21.7 Å². The number of primary amides is 1. The average molecular weight is 568 g/mol. The number of aryl methyl sites for hydroxylation is 1. The SMILES string of the molecule is CCc1nc(-c2c(F)cccc2-c2ccc(NC(N)=O)cc2C(F)(F)F)c2c(N)ncc(C3=CCC(NC)CC3)n12. The summed E-state index contributed by atoms with van der Waals surface area (Å²) in [6.45, 7) is 1.89. The lowest BCUT2D eigenvalue weighted by Crippen LogP contribution is -2.26. The maximum absolute atomic E-state index is 15.7. The molecule has 214 valence electrons. The predicted molar refractivity (Wildman–Crippen MR) is 150 cm³/mol. The number of hydrogen-bond donors (Lipinski definition) is 4. The Bertz CT molecular complexity index is 1680. The first kappa shape index (κ1) is 28.1. The number of nitrogen functional groups attached to an aromatic ring is 1. The van der Waals surface area contributed by atoms with E-state index in [1.807, 2.05) is 18.4 Å². The number of benzene rings is 2. The quantitative estimate of drug-likeness (QED) is 0.213. The lowest BCUT2D eigenvalue weighted by atomic mass is 9.92. The third-order valence-corrected chi connectivity index (χ3v) is 7.35. The molecular weight excluding hydrogens is 538 g/mol. The van der Waals surface area contributed by atoms with Crippen molar-refractivity contribution in [3.63, 3.8) is 0 Å². The fourth-order valence-corrected chi connectivity index (χ4v) is 5.40. The van der Waals surface area contributed by atoms with Crippen LogP contribution in [-0.2, 0) is 12.6 Å². The maximum Gasteiger partial charge on any atom is 0.417 e. The number of hydrogen-bond acceptors (Lipinski definition) is 5. The van der Waals surface area contributed by atoms with Gasteiger partial charge in [-0.25, -0.2) is 19.2 Å². The second-order valence-electron chi connectivity index (χ2n) is 9.84. The number of anilines is 2. The van der Waals surface area contributed by atoms with E-state index in [0.717, 1.165) is 36.6 Å². The van der Waals surface area contributed by atoms with Crippen molar-refractivity contribution in [3.05, 3.63) is 71.6 Å². The van der Waals surface area contributed by atoms with Crippen LogP contribution in [0.4, 0.5) is 33.9 Å². The lowest BCUT2D eigenvalue weighted by molar-refractivity contribution is -0.137. The van der Waals surface area contributed by atoms with Gasteiger partial charge in [-0.3, -0.25) is 4.40 Å². The number of nitrogens with one attached hydrogen (secondary N) is 2. The van der Waals surface area contributed by atoms with Crippen LogP contribution in [0, 0.1) is 5.82 Å². The van der Waals surface area contributed by atoms with Crippen LogP contribution >= 0.6 is 0 Å². The molecule has 6 N–H and O–H groups in total. The molecule has 0 saturated heterocycles. The molecule has 41 heavy (non-hydrogen) atoms. The highest BCUT2D eigenvalue weighted by Crippen LogP contribution is 2.44. The van der Waals surface area contributed by atoms with Gasteiger partial charge in [-0.05, 0) is 61.2 Å². The van der Waals surface area contributed by atoms with Crippen LogP contribution in [0.25, 0.3) is 33.5 Å². The Hall–Kier alpha value is -4.45. The van der Waals surface area contributed by atoms with Gasteiger partial charge in [0.25, 0.3) is 0 Å². The first-order chi connectivity index (χ1) is 19.5. The summed E-state index contributed by atoms with van der Waals surface area (Å²) in [4.78, 5) is 20.4. The Morgan fingerprint density at radius 3 is 2.61 bits per heavy atom. The van der Waals surface area contributed by atoms with Gasteiger partial charge in [0, 0.05) is 23.7 Å². The third-order valence-electron chi connectivity index (χ3n) is 7.35. The Morgan fingerprint density at radius 2 is 1.98 bits per heavy atom. The minimum Gasteiger partial charge on any atom is -0.382 e. The summed E-state index contributed by atoms with van der Waals surface area (Å²) < 4.78 is 60.4. The number of nitrogens with two attached hydrogens (primary N) is 2. The molecule has 8 nitrogen and oxygen atoms in total. The Labute approximate surface area is 233 Å². The summed E-state index contributed by atoms with van der Waals surface area (Å²) in [5, 5.41) is 5.43. The minimum atomic E-state index is -4.83. The minimum absolute atomic E-state index is 0.0378. The number of urea groups is 1. The number of alkyl halides is 3. The number of rotatable bonds is 6. The summed E-state index contributed by atoms with van der Waals surface area (Å²) >= 11 is 0. The van der Waals surface area contributed by atoms with Crippen LogP contribution in [0.15, 0.2) is 48.7 Å². The second kappa shape index (κ2) is 10.8. The van der Waals surface area contributed by atoms with E-state index in [4.69, 9.17) is 16.5 Å². The van der Waals surface area contributed by atoms with E-state index in [9.17, 15) is 18.0 Å². The predicted octanol–water partition coefficient (Wildman–Crippen LogP) is 6.01. The Kier molecular flexibility index (Phi) is 7.43. The number of aromatic nitrogens is 3. The van der Waals surface area contributed by atoms with Gasteiger partial charge in [-0.2, -0.15) is 13.2 Å². The van der Waals surface area contributed by atoms with Gasteiger partial charge in [-0.1, -0.05) is 31.2 Å². The van der Waals surface area contributed by atoms with Crippen molar-refractivity contribution < 1.29 is 22.4 Å². The van der Waals surface area contributed by atoms with Gasteiger partial charge in [0.05, 0.1) is 17.5 Å². The van der Waals surface area contributed by atoms with Crippen molar-refractivity contribution in [1.82, 2.24) is 19.7 Å². The molecular formula is C29H29F4N7O. The smallest absolute Gasteiger partial charge is 0.382 e. The van der Waals surface area contributed by atoms with Gasteiger partial charge < -0.3 is 22.1 Å². The van der Waals surface area contributed by atoms with Crippen LogP contribution in [0.3, 0.4) is 0 Å². The summed E-state index contributed by atoms with van der Waals surface area (Å²) in [5.74, 6) is -0.120. The molecule has 5 rings (SSSR count). The van der Waals surface area contributed by atoms with Crippen LogP contribution in [-0.4, -0.2) is 33.5 Å². The van der Waals surface area contributed by atoms with Crippen LogP contribution in [0.1, 0.15) is 43.3 Å². The highest BCUT2D eigenvalue weighted by Gasteiger charge is 2.35. The zero-order valence-electron chi connectivity index (χ0n) is 22.4. The van der Waals surface area contributed by atoms with Crippen molar-refractivity contribution in [2.45, 2.75) is 44.8 Å². The summed E-state index contributed by atoms with van der Waals surface area (Å²) in [6, 6.07) is 6.45. The normalized spacial score (nSPS) is 15.7. The molecule has 0 spiro atoms. The van der Waals surface area contributed by atoms with Crippen molar-refractivity contribution in [2.75, 3.05) is 18.1 Å². The van der Waals surface area contributed by atoms with Gasteiger partial charge >= 0.3 is 12.2 Å². The van der Waals surface area contributed by atoms with Crippen molar-refractivity contribution in [1.29, 1.82) is 0 Å². The molecule has 4 aromatic rings. The summed E-state index contributed by atoms with van der Waals surface area (Å²) in [6.07, 6.45) is 1.92. The van der Waals surface area contributed by atoms with Crippen molar-refractivity contribution in [3.8, 4) is 22.4 Å². The molecule has 2 amide bonds. The molecule has 2 aromatic heterocycles. The maximum atomic E-state index is 15.7. The topological polar surface area (TPSA) is 123 Å². The third kappa shape index (κ3) is 5.22. The van der Waals surface area contributed by atoms with E-state index >= 15 is 4.39 Å². The number of fused-ring (bicyclic) bond motifs is 1. The molecule has 2 heterocycles. The Balaban J connectivity index is 1.77. The number of imidazole rings is 1. The number of carbonyl (C=O) groups excluding carboxylic acids is 1. The van der Waals surface area contributed by atoms with Gasteiger partial charge in [0.15, 0.2) is 0 Å². The molecule has 0 saturated carbocycles. The molecule has 1 atom stereocenters. The fourth-order valence-electron chi connectivity index (χ4n) is 5.40. The molecule has 12 heteroatoms. The molecule has 0 radical (unpaired) electrons. The largest absolute Gasteiger partial charge is 0.417 e. The zero-order chi connectivity index (χ0) is 29.5. The fraction of sp³-hybridized carbons (Fsp3) is 0.276. The van der Waals surface area contributed by atoms with E-state index in [1.165, 1.54) is 30.3 Å². The number of halogens is 4. The first-order valence-corrected chi connectivity index (χ1v) is 13.1. The van der Waals surface area contributed by atoms with E-state index in [1.54, 1.807) is 6.20 Å². The zero-order valence-corrected chi connectivity index (χ0v) is 22.4. The molecule has 0 aliphatic heterocycles. The highest BCUT2D eigenvalue weighted by atomic mass is 19.4. The molecule has 1 unspecified atom stereocenters. The van der Waals surface area contributed by atoms with Crippen molar-refractivity contribution in [2.24, 2.45) is 5.73 Å². The van der Waals surface area contributed by atoms with E-state index < -0.39 is 23.6 Å². The molecule has 1 aliphatic carbocycles. The Morgan fingerprint density at radius 1 is 1.20 bits per heavy atom. The monoisotopic (exact) mass is 567 g/mol. The molecule has 0 bridgehead atoms. The van der Waals surface area contributed by atoms with Gasteiger partial charge in [0.2, 0.25) is 0 Å². The molecule has 2 aromatic carbocycles. The second-order valence-corrected chi connectivity index (χ2v) is 9.84. The van der Waals surface area contributed by atoms with Gasteiger partial charge in [-0.15, -0.1) is 0 Å². The number of nitrogens with zero attached hydrogens (tertiary/aromatic N) is 3. The number of carbonyl (C=O) groups is 1. The highest BCUT2D eigenvalue weighted by molar-refractivity contribution is 5.95. The lowest BCUT2D eigenvalue weighted by Gasteiger charge is -2.22. The van der Waals surface area contributed by atoms with Crippen LogP contribution in [0.5, 0.6) is 0 Å². The molecule has 1 aliphatic rings. The van der Waals surface area contributed by atoms with Crippen LogP contribution in [0.2, 0.25) is 0 Å². The molecule has 0 fully saturated rings. The standard InChI is InChI=1S/C29H29F4N7O/c1-3-23-39-25(26-27(34)37-14-22(40(23)26)15-7-9-16(36-2)10-8-15)24-19(5-4-6-21(24)30)18-12-11-17(38-28(35)41)13-20(18)29(31,32)33/h4-7,11-14,16,36H,3,8-10H2,1-2H3,(H2,34,37)(H3,35,38,41). The number of amides is 2. The van der Waals surface area contributed by atoms with Crippen LogP contribution < -0.4 is 22.1 Å². The summed E-state index contributed by atoms with van der Waals surface area (Å²) in [5.41, 5.74) is 12.0. The van der Waals surface area contributed by atoms with Crippen molar-refractivity contribution >= 4 is 28.6 Å².